The fourth-order valence-corrected chi connectivity index (χ4v) is 4.40. The summed E-state index contributed by atoms with van der Waals surface area (Å²) in [6.07, 6.45) is 0. The van der Waals surface area contributed by atoms with Gasteiger partial charge in [0, 0.05) is 49.2 Å². The quantitative estimate of drug-likeness (QED) is 0.548. The molecule has 0 bridgehead atoms. The van der Waals surface area contributed by atoms with Crippen molar-refractivity contribution in [1.29, 1.82) is 0 Å². The molecule has 4 rings (SSSR count). The summed E-state index contributed by atoms with van der Waals surface area (Å²) in [6, 6.07) is 14.3. The number of nitrogens with zero attached hydrogens (tertiary/aromatic N) is 3. The molecule has 33 heavy (non-hydrogen) atoms. The lowest BCUT2D eigenvalue weighted by Crippen LogP contribution is -2.49. The highest BCUT2D eigenvalue weighted by molar-refractivity contribution is 7.13. The SMILES string of the molecule is COc1ccc(-c2nc(CN3CCN(C(=O)COc4ccc(C(N)=O)cc4)CC3)cs2)cc1. The van der Waals surface area contributed by atoms with Gasteiger partial charge in [0.25, 0.3) is 5.91 Å². The van der Waals surface area contributed by atoms with Gasteiger partial charge >= 0.3 is 0 Å². The van der Waals surface area contributed by atoms with Gasteiger partial charge in [-0.25, -0.2) is 4.98 Å². The van der Waals surface area contributed by atoms with Crippen LogP contribution in [0.3, 0.4) is 0 Å². The van der Waals surface area contributed by atoms with E-state index >= 15 is 0 Å². The van der Waals surface area contributed by atoms with Crippen molar-refractivity contribution < 1.29 is 19.1 Å². The van der Waals surface area contributed by atoms with Gasteiger partial charge in [0.05, 0.1) is 12.8 Å². The molecule has 8 nitrogen and oxygen atoms in total. The first-order chi connectivity index (χ1) is 16.0. The first-order valence-corrected chi connectivity index (χ1v) is 11.5. The van der Waals surface area contributed by atoms with Crippen LogP contribution in [-0.4, -0.2) is 66.5 Å². The molecule has 0 spiro atoms. The maximum atomic E-state index is 12.5. The fourth-order valence-electron chi connectivity index (χ4n) is 3.58. The number of rotatable bonds is 8. The number of methoxy groups -OCH3 is 1. The summed E-state index contributed by atoms with van der Waals surface area (Å²) in [5, 5.41) is 3.08. The first kappa shape index (κ1) is 22.8. The van der Waals surface area contributed by atoms with E-state index in [9.17, 15) is 9.59 Å². The minimum atomic E-state index is -0.495. The number of hydrogen-bond donors (Lipinski definition) is 1. The summed E-state index contributed by atoms with van der Waals surface area (Å²) in [6.45, 7) is 3.60. The molecule has 0 unspecified atom stereocenters. The fraction of sp³-hybridized carbons (Fsp3) is 0.292. The number of nitrogens with two attached hydrogens (primary N) is 1. The lowest BCUT2D eigenvalue weighted by molar-refractivity contribution is -0.135. The number of amides is 2. The van der Waals surface area contributed by atoms with Crippen molar-refractivity contribution in [2.24, 2.45) is 5.73 Å². The molecule has 1 aliphatic rings. The molecule has 1 fully saturated rings. The first-order valence-electron chi connectivity index (χ1n) is 10.6. The molecule has 1 saturated heterocycles. The molecule has 1 aliphatic heterocycles. The average molecular weight is 467 g/mol. The van der Waals surface area contributed by atoms with Gasteiger partial charge in [-0.1, -0.05) is 0 Å². The monoisotopic (exact) mass is 466 g/mol. The Morgan fingerprint density at radius 1 is 1.00 bits per heavy atom. The van der Waals surface area contributed by atoms with Gasteiger partial charge in [-0.05, 0) is 48.5 Å². The van der Waals surface area contributed by atoms with E-state index in [4.69, 9.17) is 20.2 Å². The van der Waals surface area contributed by atoms with Crippen LogP contribution in [0.2, 0.25) is 0 Å². The number of primary amides is 1. The minimum absolute atomic E-state index is 0.0345. The molecule has 2 amide bonds. The number of carbonyl (C=O) groups is 2. The molecule has 0 aliphatic carbocycles. The van der Waals surface area contributed by atoms with Crippen LogP contribution in [0.25, 0.3) is 10.6 Å². The zero-order valence-electron chi connectivity index (χ0n) is 18.4. The number of carbonyl (C=O) groups excluding carboxylic acids is 2. The normalized spacial score (nSPS) is 14.2. The molecule has 3 aromatic rings. The minimum Gasteiger partial charge on any atom is -0.497 e. The zero-order chi connectivity index (χ0) is 23.2. The van der Waals surface area contributed by atoms with Crippen molar-refractivity contribution in [3.05, 3.63) is 65.2 Å². The number of piperazine rings is 1. The van der Waals surface area contributed by atoms with Gasteiger partial charge < -0.3 is 20.1 Å². The van der Waals surface area contributed by atoms with Crippen LogP contribution >= 0.6 is 11.3 Å². The summed E-state index contributed by atoms with van der Waals surface area (Å²) in [4.78, 5) is 32.5. The smallest absolute Gasteiger partial charge is 0.260 e. The largest absolute Gasteiger partial charge is 0.497 e. The second kappa shape index (κ2) is 10.5. The van der Waals surface area contributed by atoms with Crippen molar-refractivity contribution in [3.8, 4) is 22.1 Å². The Hall–Kier alpha value is -3.43. The number of benzene rings is 2. The summed E-state index contributed by atoms with van der Waals surface area (Å²) in [7, 11) is 1.66. The Balaban J connectivity index is 1.23. The van der Waals surface area contributed by atoms with Crippen molar-refractivity contribution in [3.63, 3.8) is 0 Å². The summed E-state index contributed by atoms with van der Waals surface area (Å²) in [5.41, 5.74) is 7.74. The molecule has 1 aromatic heterocycles. The van der Waals surface area contributed by atoms with Crippen LogP contribution < -0.4 is 15.2 Å². The van der Waals surface area contributed by atoms with Crippen molar-refractivity contribution in [1.82, 2.24) is 14.8 Å². The number of ether oxygens (including phenoxy) is 2. The predicted octanol–water partition coefficient (Wildman–Crippen LogP) is 2.64. The Labute approximate surface area is 196 Å². The van der Waals surface area contributed by atoms with Gasteiger partial charge in [-0.2, -0.15) is 0 Å². The summed E-state index contributed by atoms with van der Waals surface area (Å²) >= 11 is 1.63. The number of hydrogen-bond acceptors (Lipinski definition) is 7. The van der Waals surface area contributed by atoms with Crippen LogP contribution in [0.5, 0.6) is 11.5 Å². The lowest BCUT2D eigenvalue weighted by Gasteiger charge is -2.34. The van der Waals surface area contributed by atoms with E-state index in [-0.39, 0.29) is 12.5 Å². The van der Waals surface area contributed by atoms with Crippen molar-refractivity contribution in [2.45, 2.75) is 6.54 Å². The summed E-state index contributed by atoms with van der Waals surface area (Å²) in [5.74, 6) is 0.812. The van der Waals surface area contributed by atoms with Crippen LogP contribution in [0.4, 0.5) is 0 Å². The van der Waals surface area contributed by atoms with E-state index in [2.05, 4.69) is 10.3 Å². The highest BCUT2D eigenvalue weighted by Gasteiger charge is 2.22. The molecule has 0 atom stereocenters. The van der Waals surface area contributed by atoms with Crippen molar-refractivity contribution >= 4 is 23.2 Å². The van der Waals surface area contributed by atoms with Crippen LogP contribution in [0.1, 0.15) is 16.1 Å². The molecule has 9 heteroatoms. The molecule has 0 radical (unpaired) electrons. The number of aromatic nitrogens is 1. The Kier molecular flexibility index (Phi) is 7.21. The molecule has 2 N–H and O–H groups in total. The standard InChI is InChI=1S/C24H26N4O4S/c1-31-20-6-4-18(5-7-20)24-26-19(16-33-24)14-27-10-12-28(13-11-27)22(29)15-32-21-8-2-17(3-9-21)23(25)30/h2-9,16H,10-15H2,1H3,(H2,25,30). The van der Waals surface area contributed by atoms with Gasteiger partial charge in [-0.3, -0.25) is 14.5 Å². The van der Waals surface area contributed by atoms with Crippen LogP contribution in [-0.2, 0) is 11.3 Å². The third-order valence-electron chi connectivity index (χ3n) is 5.50. The molecule has 172 valence electrons. The topological polar surface area (TPSA) is 98.0 Å². The van der Waals surface area contributed by atoms with Crippen molar-refractivity contribution in [2.75, 3.05) is 39.9 Å². The summed E-state index contributed by atoms with van der Waals surface area (Å²) < 4.78 is 10.8. The zero-order valence-corrected chi connectivity index (χ0v) is 19.2. The van der Waals surface area contributed by atoms with E-state index in [1.54, 1.807) is 42.7 Å². The molecular formula is C24H26N4O4S. The Morgan fingerprint density at radius 3 is 2.30 bits per heavy atom. The lowest BCUT2D eigenvalue weighted by atomic mass is 10.2. The van der Waals surface area contributed by atoms with E-state index in [1.165, 1.54) is 0 Å². The van der Waals surface area contributed by atoms with E-state index in [1.807, 2.05) is 29.2 Å². The highest BCUT2D eigenvalue weighted by atomic mass is 32.1. The van der Waals surface area contributed by atoms with E-state index < -0.39 is 5.91 Å². The van der Waals surface area contributed by atoms with E-state index in [0.29, 0.717) is 24.4 Å². The van der Waals surface area contributed by atoms with E-state index in [0.717, 1.165) is 41.6 Å². The highest BCUT2D eigenvalue weighted by Crippen LogP contribution is 2.26. The second-order valence-electron chi connectivity index (χ2n) is 7.71. The van der Waals surface area contributed by atoms with Gasteiger partial charge in [0.15, 0.2) is 6.61 Å². The van der Waals surface area contributed by atoms with Crippen LogP contribution in [0, 0.1) is 0 Å². The molecular weight excluding hydrogens is 440 g/mol. The third-order valence-corrected chi connectivity index (χ3v) is 6.44. The van der Waals surface area contributed by atoms with Gasteiger partial charge in [0.2, 0.25) is 5.91 Å². The maximum absolute atomic E-state index is 12.5. The second-order valence-corrected chi connectivity index (χ2v) is 8.56. The van der Waals surface area contributed by atoms with Gasteiger partial charge in [0.1, 0.15) is 16.5 Å². The Morgan fingerprint density at radius 2 is 1.67 bits per heavy atom. The Bertz CT molecular complexity index is 1090. The number of thiazole rings is 1. The van der Waals surface area contributed by atoms with Crippen LogP contribution in [0.15, 0.2) is 53.9 Å². The average Bonchev–Trinajstić information content (AvgIpc) is 3.31. The predicted molar refractivity (Wildman–Crippen MR) is 126 cm³/mol. The molecule has 0 saturated carbocycles. The molecule has 2 aromatic carbocycles. The third kappa shape index (κ3) is 5.88. The molecule has 2 heterocycles. The maximum Gasteiger partial charge on any atom is 0.260 e. The van der Waals surface area contributed by atoms with Gasteiger partial charge in [-0.15, -0.1) is 11.3 Å².